The summed E-state index contributed by atoms with van der Waals surface area (Å²) in [6.45, 7) is 9.97. The molecule has 0 radical (unpaired) electrons. The standard InChI is InChI=1S/C25H26N2O3S/c1-5-27(6-2)15-7-9-17-21(13-15)30-24(29)18(23(17)28)10-12-22-25(3,4)19-14-16(31)8-11-20(19)26-22/h7-14,28,31H,5-6H2,1-4H3. The first-order valence-corrected chi connectivity index (χ1v) is 10.9. The average Bonchev–Trinajstić information content (AvgIpc) is 2.98. The van der Waals surface area contributed by atoms with Gasteiger partial charge in [-0.15, -0.1) is 12.6 Å². The van der Waals surface area contributed by atoms with Crippen LogP contribution in [0.5, 0.6) is 5.75 Å². The third-order valence-corrected chi connectivity index (χ3v) is 6.25. The van der Waals surface area contributed by atoms with Gasteiger partial charge in [0.25, 0.3) is 0 Å². The highest BCUT2D eigenvalue weighted by Gasteiger charge is 2.33. The summed E-state index contributed by atoms with van der Waals surface area (Å²) >= 11 is 4.43. The Kier molecular flexibility index (Phi) is 5.43. The van der Waals surface area contributed by atoms with Crippen molar-refractivity contribution in [3.63, 3.8) is 0 Å². The molecule has 1 aromatic heterocycles. The Morgan fingerprint density at radius 1 is 1.13 bits per heavy atom. The van der Waals surface area contributed by atoms with Crippen molar-refractivity contribution in [1.29, 1.82) is 0 Å². The molecule has 0 atom stereocenters. The monoisotopic (exact) mass is 434 g/mol. The van der Waals surface area contributed by atoms with Gasteiger partial charge in [0, 0.05) is 35.2 Å². The molecule has 2 heterocycles. The van der Waals surface area contributed by atoms with Crippen molar-refractivity contribution < 1.29 is 9.52 Å². The topological polar surface area (TPSA) is 66.0 Å². The summed E-state index contributed by atoms with van der Waals surface area (Å²) in [5.74, 6) is -0.0832. The first-order chi connectivity index (χ1) is 14.8. The molecule has 1 aliphatic rings. The maximum absolute atomic E-state index is 12.7. The van der Waals surface area contributed by atoms with Crippen LogP contribution in [-0.2, 0) is 5.41 Å². The first kappa shape index (κ1) is 21.2. The highest BCUT2D eigenvalue weighted by atomic mass is 32.1. The molecule has 1 N–H and O–H groups in total. The molecule has 0 saturated heterocycles. The predicted octanol–water partition coefficient (Wildman–Crippen LogP) is 5.71. The molecule has 0 unspecified atom stereocenters. The van der Waals surface area contributed by atoms with Crippen LogP contribution in [-0.4, -0.2) is 23.9 Å². The normalized spacial score (nSPS) is 14.8. The molecule has 0 aliphatic carbocycles. The lowest BCUT2D eigenvalue weighted by Crippen LogP contribution is -2.23. The number of fused-ring (bicyclic) bond motifs is 2. The van der Waals surface area contributed by atoms with Gasteiger partial charge in [-0.3, -0.25) is 4.99 Å². The first-order valence-electron chi connectivity index (χ1n) is 10.4. The van der Waals surface area contributed by atoms with Crippen LogP contribution in [0.3, 0.4) is 0 Å². The van der Waals surface area contributed by atoms with Gasteiger partial charge < -0.3 is 14.4 Å². The van der Waals surface area contributed by atoms with Crippen molar-refractivity contribution >= 4 is 46.8 Å². The molecular formula is C25H26N2O3S. The van der Waals surface area contributed by atoms with E-state index >= 15 is 0 Å². The summed E-state index contributed by atoms with van der Waals surface area (Å²) in [7, 11) is 0. The molecule has 4 rings (SSSR count). The molecule has 160 valence electrons. The second-order valence-electron chi connectivity index (χ2n) is 8.16. The van der Waals surface area contributed by atoms with Crippen LogP contribution in [0.4, 0.5) is 11.4 Å². The molecule has 2 aromatic carbocycles. The van der Waals surface area contributed by atoms with Gasteiger partial charge in [0.1, 0.15) is 16.9 Å². The Labute approximate surface area is 187 Å². The van der Waals surface area contributed by atoms with E-state index in [0.29, 0.717) is 11.0 Å². The smallest absolute Gasteiger partial charge is 0.347 e. The molecule has 0 amide bonds. The van der Waals surface area contributed by atoms with E-state index in [1.54, 1.807) is 24.3 Å². The third-order valence-electron chi connectivity index (χ3n) is 5.97. The largest absolute Gasteiger partial charge is 0.506 e. The predicted molar refractivity (Wildman–Crippen MR) is 131 cm³/mol. The number of aromatic hydroxyl groups is 1. The molecule has 1 aliphatic heterocycles. The number of hydrogen-bond donors (Lipinski definition) is 2. The van der Waals surface area contributed by atoms with Crippen LogP contribution in [0.2, 0.25) is 0 Å². The van der Waals surface area contributed by atoms with Gasteiger partial charge in [-0.05, 0) is 61.9 Å². The summed E-state index contributed by atoms with van der Waals surface area (Å²) < 4.78 is 5.55. The molecule has 0 spiro atoms. The SMILES string of the molecule is CCN(CC)c1ccc2c(O)c(C=CC3=Nc4ccc(S)cc4C3(C)C)c(=O)oc2c1. The van der Waals surface area contributed by atoms with Crippen LogP contribution in [0.15, 0.2) is 61.6 Å². The van der Waals surface area contributed by atoms with Gasteiger partial charge in [0.2, 0.25) is 0 Å². The Hall–Kier alpha value is -2.99. The fourth-order valence-electron chi connectivity index (χ4n) is 4.06. The zero-order chi connectivity index (χ0) is 22.3. The molecule has 5 nitrogen and oxygen atoms in total. The third kappa shape index (κ3) is 3.65. The Morgan fingerprint density at radius 3 is 2.58 bits per heavy atom. The van der Waals surface area contributed by atoms with E-state index in [2.05, 4.69) is 45.2 Å². The van der Waals surface area contributed by atoms with Crippen molar-refractivity contribution in [2.75, 3.05) is 18.0 Å². The van der Waals surface area contributed by atoms with Crippen LogP contribution >= 0.6 is 12.6 Å². The highest BCUT2D eigenvalue weighted by molar-refractivity contribution is 7.80. The van der Waals surface area contributed by atoms with Crippen molar-refractivity contribution in [1.82, 2.24) is 0 Å². The zero-order valence-electron chi connectivity index (χ0n) is 18.1. The van der Waals surface area contributed by atoms with Crippen molar-refractivity contribution in [2.24, 2.45) is 4.99 Å². The summed E-state index contributed by atoms with van der Waals surface area (Å²) in [6, 6.07) is 11.4. The van der Waals surface area contributed by atoms with Gasteiger partial charge in [-0.2, -0.15) is 0 Å². The number of allylic oxidation sites excluding steroid dienone is 1. The van der Waals surface area contributed by atoms with E-state index in [0.717, 1.165) is 40.6 Å². The van der Waals surface area contributed by atoms with Crippen molar-refractivity contribution in [2.45, 2.75) is 38.0 Å². The molecule has 31 heavy (non-hydrogen) atoms. The van der Waals surface area contributed by atoms with Gasteiger partial charge >= 0.3 is 5.63 Å². The van der Waals surface area contributed by atoms with E-state index in [1.807, 2.05) is 24.3 Å². The number of aliphatic imine (C=N–C) groups is 1. The number of benzene rings is 2. The lowest BCUT2D eigenvalue weighted by atomic mass is 9.81. The van der Waals surface area contributed by atoms with Crippen molar-refractivity contribution in [3.05, 3.63) is 64.0 Å². The fraction of sp³-hybridized carbons (Fsp3) is 0.280. The number of nitrogens with zero attached hydrogens (tertiary/aromatic N) is 2. The number of rotatable bonds is 5. The van der Waals surface area contributed by atoms with Gasteiger partial charge in [0.05, 0.1) is 16.8 Å². The van der Waals surface area contributed by atoms with E-state index in [1.165, 1.54) is 0 Å². The summed E-state index contributed by atoms with van der Waals surface area (Å²) in [5.41, 5.74) is 3.30. The Bertz CT molecular complexity index is 1280. The number of anilines is 1. The van der Waals surface area contributed by atoms with Crippen LogP contribution in [0.25, 0.3) is 17.0 Å². The average molecular weight is 435 g/mol. The second kappa shape index (κ2) is 7.93. The maximum atomic E-state index is 12.7. The Morgan fingerprint density at radius 2 is 1.87 bits per heavy atom. The van der Waals surface area contributed by atoms with Crippen LogP contribution in [0, 0.1) is 0 Å². The minimum atomic E-state index is -0.579. The maximum Gasteiger partial charge on any atom is 0.347 e. The van der Waals surface area contributed by atoms with E-state index in [-0.39, 0.29) is 16.7 Å². The minimum Gasteiger partial charge on any atom is -0.506 e. The lowest BCUT2D eigenvalue weighted by Gasteiger charge is -2.21. The second-order valence-corrected chi connectivity index (χ2v) is 8.68. The number of thiol groups is 1. The fourth-order valence-corrected chi connectivity index (χ4v) is 4.26. The van der Waals surface area contributed by atoms with Crippen LogP contribution < -0.4 is 10.5 Å². The number of hydrogen-bond acceptors (Lipinski definition) is 6. The minimum absolute atomic E-state index is 0.0832. The van der Waals surface area contributed by atoms with E-state index < -0.39 is 5.63 Å². The lowest BCUT2D eigenvalue weighted by molar-refractivity contribution is 0.466. The molecule has 0 saturated carbocycles. The summed E-state index contributed by atoms with van der Waals surface area (Å²) in [4.78, 5) is 20.4. The summed E-state index contributed by atoms with van der Waals surface area (Å²) in [6.07, 6.45) is 3.37. The Balaban J connectivity index is 1.73. The quantitative estimate of drug-likeness (QED) is 0.399. The molecular weight excluding hydrogens is 408 g/mol. The molecule has 6 heteroatoms. The zero-order valence-corrected chi connectivity index (χ0v) is 19.0. The molecule has 0 bridgehead atoms. The van der Waals surface area contributed by atoms with E-state index in [4.69, 9.17) is 9.41 Å². The van der Waals surface area contributed by atoms with E-state index in [9.17, 15) is 9.90 Å². The highest BCUT2D eigenvalue weighted by Crippen LogP contribution is 2.41. The van der Waals surface area contributed by atoms with Gasteiger partial charge in [0.15, 0.2) is 0 Å². The molecule has 3 aromatic rings. The molecule has 0 fully saturated rings. The van der Waals surface area contributed by atoms with Gasteiger partial charge in [-0.1, -0.05) is 13.8 Å². The summed E-state index contributed by atoms with van der Waals surface area (Å²) in [5, 5.41) is 11.3. The van der Waals surface area contributed by atoms with Crippen molar-refractivity contribution in [3.8, 4) is 5.75 Å². The van der Waals surface area contributed by atoms with Gasteiger partial charge in [-0.25, -0.2) is 4.79 Å². The van der Waals surface area contributed by atoms with Crippen LogP contribution in [0.1, 0.15) is 38.8 Å².